The molecule has 2 aliphatic carbocycles. The van der Waals surface area contributed by atoms with Crippen LogP contribution >= 0.6 is 0 Å². The zero-order valence-corrected chi connectivity index (χ0v) is 8.65. The molecule has 0 aliphatic heterocycles. The van der Waals surface area contributed by atoms with E-state index >= 15 is 0 Å². The molecule has 0 aromatic rings. The smallest absolute Gasteiger partial charge is 0.213 e. The maximum Gasteiger partial charge on any atom is 0.213 e. The van der Waals surface area contributed by atoms with E-state index < -0.39 is 0 Å². The molecule has 14 heavy (non-hydrogen) atoms. The number of hydrogen-bond acceptors (Lipinski definition) is 2. The van der Waals surface area contributed by atoms with Crippen molar-refractivity contribution in [3.63, 3.8) is 0 Å². The molecule has 0 saturated heterocycles. The zero-order valence-electron chi connectivity index (χ0n) is 8.65. The Bertz CT molecular complexity index is 203. The minimum Gasteiger partial charge on any atom is -0.264 e. The summed E-state index contributed by atoms with van der Waals surface area (Å²) >= 11 is 0. The van der Waals surface area contributed by atoms with Crippen molar-refractivity contribution >= 4 is 0 Å². The van der Waals surface area contributed by atoms with Gasteiger partial charge in [-0.3, -0.25) is 10.1 Å². The van der Waals surface area contributed by atoms with E-state index in [4.69, 9.17) is 0 Å². The number of hydrogen-bond donors (Lipinski definition) is 0. The summed E-state index contributed by atoms with van der Waals surface area (Å²) in [5, 5.41) is 10.6. The summed E-state index contributed by atoms with van der Waals surface area (Å²) < 4.78 is 0. The molecular weight excluding hydrogens is 178 g/mol. The van der Waals surface area contributed by atoms with Crippen LogP contribution in [-0.4, -0.2) is 11.0 Å². The van der Waals surface area contributed by atoms with Crippen molar-refractivity contribution in [2.24, 2.45) is 11.8 Å². The van der Waals surface area contributed by atoms with Crippen LogP contribution in [0.4, 0.5) is 0 Å². The maximum absolute atomic E-state index is 10.6. The van der Waals surface area contributed by atoms with Gasteiger partial charge in [0.1, 0.15) is 0 Å². The van der Waals surface area contributed by atoms with E-state index in [0.717, 1.165) is 37.5 Å². The van der Waals surface area contributed by atoms with Gasteiger partial charge in [-0.2, -0.15) is 0 Å². The van der Waals surface area contributed by atoms with Gasteiger partial charge in [0.15, 0.2) is 0 Å². The first-order valence-electron chi connectivity index (χ1n) is 5.91. The summed E-state index contributed by atoms with van der Waals surface area (Å²) in [7, 11) is 0. The molecule has 0 heterocycles. The van der Waals surface area contributed by atoms with Crippen LogP contribution < -0.4 is 0 Å². The summed E-state index contributed by atoms with van der Waals surface area (Å²) in [5.74, 6) is 1.72. The predicted molar refractivity (Wildman–Crippen MR) is 54.7 cm³/mol. The van der Waals surface area contributed by atoms with Crippen molar-refractivity contribution < 1.29 is 4.92 Å². The quantitative estimate of drug-likeness (QED) is 0.504. The Labute approximate surface area is 85.0 Å². The van der Waals surface area contributed by atoms with Gasteiger partial charge in [-0.1, -0.05) is 25.7 Å². The van der Waals surface area contributed by atoms with Crippen LogP contribution in [0.3, 0.4) is 0 Å². The summed E-state index contributed by atoms with van der Waals surface area (Å²) in [4.78, 5) is 10.5. The molecule has 0 bridgehead atoms. The number of nitrogens with zero attached hydrogens (tertiary/aromatic N) is 1. The summed E-state index contributed by atoms with van der Waals surface area (Å²) in [6.45, 7) is 0. The van der Waals surface area contributed by atoms with E-state index in [9.17, 15) is 10.1 Å². The minimum absolute atomic E-state index is 0.0785. The van der Waals surface area contributed by atoms with Gasteiger partial charge in [-0.25, -0.2) is 0 Å². The molecule has 0 spiro atoms. The van der Waals surface area contributed by atoms with Crippen molar-refractivity contribution in [2.45, 2.75) is 57.4 Å². The molecular formula is C11H19NO2. The van der Waals surface area contributed by atoms with E-state index in [-0.39, 0.29) is 11.0 Å². The Morgan fingerprint density at radius 3 is 1.86 bits per heavy atom. The van der Waals surface area contributed by atoms with Crippen molar-refractivity contribution in [1.29, 1.82) is 0 Å². The van der Waals surface area contributed by atoms with Gasteiger partial charge in [0, 0.05) is 17.8 Å². The van der Waals surface area contributed by atoms with Gasteiger partial charge >= 0.3 is 0 Å². The van der Waals surface area contributed by atoms with E-state index in [1.54, 1.807) is 0 Å². The third-order valence-electron chi connectivity index (χ3n) is 4.11. The fraction of sp³-hybridized carbons (Fsp3) is 1.00. The highest BCUT2D eigenvalue weighted by molar-refractivity contribution is 4.80. The fourth-order valence-corrected chi connectivity index (χ4v) is 3.21. The Kier molecular flexibility index (Phi) is 3.04. The largest absolute Gasteiger partial charge is 0.264 e. The second kappa shape index (κ2) is 4.28. The molecule has 3 nitrogen and oxygen atoms in total. The first-order valence-corrected chi connectivity index (χ1v) is 5.91. The molecule has 2 aliphatic rings. The normalized spacial score (nSPS) is 34.6. The van der Waals surface area contributed by atoms with Crippen LogP contribution in [0.5, 0.6) is 0 Å². The lowest BCUT2D eigenvalue weighted by atomic mass is 9.78. The highest BCUT2D eigenvalue weighted by Gasteiger charge is 2.33. The van der Waals surface area contributed by atoms with Crippen LogP contribution in [-0.2, 0) is 0 Å². The molecule has 0 aromatic carbocycles. The topological polar surface area (TPSA) is 43.1 Å². The van der Waals surface area contributed by atoms with Crippen LogP contribution in [0.1, 0.15) is 51.4 Å². The Morgan fingerprint density at radius 1 is 0.857 bits per heavy atom. The lowest BCUT2D eigenvalue weighted by molar-refractivity contribution is -0.527. The predicted octanol–water partition coefficient (Wildman–Crippen LogP) is 3.01. The van der Waals surface area contributed by atoms with Gasteiger partial charge in [-0.15, -0.1) is 0 Å². The van der Waals surface area contributed by atoms with E-state index in [1.165, 1.54) is 25.7 Å². The third-order valence-corrected chi connectivity index (χ3v) is 4.11. The Morgan fingerprint density at radius 2 is 1.36 bits per heavy atom. The van der Waals surface area contributed by atoms with E-state index in [0.29, 0.717) is 0 Å². The number of rotatable bonds is 2. The fourth-order valence-electron chi connectivity index (χ4n) is 3.21. The molecule has 0 aromatic heterocycles. The second-order valence-electron chi connectivity index (χ2n) is 4.90. The van der Waals surface area contributed by atoms with Crippen molar-refractivity contribution in [3.8, 4) is 0 Å². The first kappa shape index (κ1) is 9.94. The maximum atomic E-state index is 10.6. The molecule has 2 fully saturated rings. The standard InChI is InChI=1S/C11H19NO2/c13-12(14)11-7-5-10(6-8-11)9-3-1-2-4-9/h9-11H,1-8H2. The Hall–Kier alpha value is -0.600. The first-order chi connectivity index (χ1) is 6.77. The van der Waals surface area contributed by atoms with Gasteiger partial charge in [0.05, 0.1) is 0 Å². The molecule has 0 unspecified atom stereocenters. The van der Waals surface area contributed by atoms with Crippen molar-refractivity contribution in [3.05, 3.63) is 10.1 Å². The molecule has 0 amide bonds. The van der Waals surface area contributed by atoms with Gasteiger partial charge < -0.3 is 0 Å². The molecule has 0 N–H and O–H groups in total. The molecule has 2 saturated carbocycles. The lowest BCUT2D eigenvalue weighted by Crippen LogP contribution is -2.28. The Balaban J connectivity index is 1.80. The minimum atomic E-state index is -0.229. The van der Waals surface area contributed by atoms with Crippen molar-refractivity contribution in [2.75, 3.05) is 0 Å². The van der Waals surface area contributed by atoms with Crippen molar-refractivity contribution in [1.82, 2.24) is 0 Å². The summed E-state index contributed by atoms with van der Waals surface area (Å²) in [5.41, 5.74) is 0. The highest BCUT2D eigenvalue weighted by Crippen LogP contribution is 2.39. The average molecular weight is 197 g/mol. The van der Waals surface area contributed by atoms with E-state index in [2.05, 4.69) is 0 Å². The van der Waals surface area contributed by atoms with Gasteiger partial charge in [0.2, 0.25) is 6.04 Å². The second-order valence-corrected chi connectivity index (χ2v) is 4.90. The third kappa shape index (κ3) is 2.07. The zero-order chi connectivity index (χ0) is 9.97. The van der Waals surface area contributed by atoms with Gasteiger partial charge in [0.25, 0.3) is 0 Å². The molecule has 0 atom stereocenters. The monoisotopic (exact) mass is 197 g/mol. The molecule has 80 valence electrons. The number of nitro groups is 1. The summed E-state index contributed by atoms with van der Waals surface area (Å²) in [6, 6.07) is -0.229. The highest BCUT2D eigenvalue weighted by atomic mass is 16.6. The molecule has 2 rings (SSSR count). The van der Waals surface area contributed by atoms with Crippen LogP contribution in [0, 0.1) is 22.0 Å². The molecule has 3 heteroatoms. The average Bonchev–Trinajstić information content (AvgIpc) is 2.71. The molecule has 0 radical (unpaired) electrons. The SMILES string of the molecule is O=[N+]([O-])C1CCC(C2CCCC2)CC1. The van der Waals surface area contributed by atoms with Gasteiger partial charge in [-0.05, 0) is 24.7 Å². The van der Waals surface area contributed by atoms with E-state index in [1.807, 2.05) is 0 Å². The van der Waals surface area contributed by atoms with Crippen LogP contribution in [0.25, 0.3) is 0 Å². The lowest BCUT2D eigenvalue weighted by Gasteiger charge is -2.28. The summed E-state index contributed by atoms with van der Waals surface area (Å²) in [6.07, 6.45) is 9.41. The van der Waals surface area contributed by atoms with Crippen LogP contribution in [0.15, 0.2) is 0 Å². The van der Waals surface area contributed by atoms with Crippen LogP contribution in [0.2, 0.25) is 0 Å².